The molecule has 0 fully saturated rings. The van der Waals surface area contributed by atoms with E-state index in [-0.39, 0.29) is 0 Å². The van der Waals surface area contributed by atoms with E-state index in [1.807, 2.05) is 18.3 Å². The number of hydrogen-bond donors (Lipinski definition) is 1. The van der Waals surface area contributed by atoms with E-state index in [4.69, 9.17) is 0 Å². The van der Waals surface area contributed by atoms with E-state index in [0.717, 1.165) is 25.0 Å². The van der Waals surface area contributed by atoms with E-state index in [1.54, 1.807) is 0 Å². The zero-order valence-corrected chi connectivity index (χ0v) is 11.4. The third-order valence-electron chi connectivity index (χ3n) is 3.48. The van der Waals surface area contributed by atoms with Crippen molar-refractivity contribution < 1.29 is 0 Å². The van der Waals surface area contributed by atoms with Crippen LogP contribution in [0.5, 0.6) is 0 Å². The highest BCUT2D eigenvalue weighted by Gasteiger charge is 2.00. The molecule has 1 N–H and O–H groups in total. The lowest BCUT2D eigenvalue weighted by atomic mass is 10.1. The normalized spacial score (nSPS) is 10.8. The van der Waals surface area contributed by atoms with Gasteiger partial charge in [0.15, 0.2) is 0 Å². The summed E-state index contributed by atoms with van der Waals surface area (Å²) >= 11 is 0. The second-order valence-electron chi connectivity index (χ2n) is 4.90. The number of para-hydroxylation sites is 1. The van der Waals surface area contributed by atoms with Crippen molar-refractivity contribution in [2.45, 2.75) is 13.0 Å². The Morgan fingerprint density at radius 2 is 1.65 bits per heavy atom. The van der Waals surface area contributed by atoms with E-state index in [9.17, 15) is 0 Å². The molecule has 3 aromatic rings. The Bertz CT molecular complexity index is 672. The van der Waals surface area contributed by atoms with Gasteiger partial charge in [0.25, 0.3) is 0 Å². The lowest BCUT2D eigenvalue weighted by Gasteiger charge is -2.07. The van der Waals surface area contributed by atoms with Crippen LogP contribution in [-0.2, 0) is 13.0 Å². The molecule has 0 spiro atoms. The van der Waals surface area contributed by atoms with Gasteiger partial charge in [0.2, 0.25) is 0 Å². The van der Waals surface area contributed by atoms with Crippen LogP contribution >= 0.6 is 0 Å². The SMILES string of the molecule is c1ccc(CNCCc2ccnc3ccccc23)cc1. The first-order valence-corrected chi connectivity index (χ1v) is 7.01. The molecule has 20 heavy (non-hydrogen) atoms. The second kappa shape index (κ2) is 6.31. The quantitative estimate of drug-likeness (QED) is 0.711. The number of nitrogens with zero attached hydrogens (tertiary/aromatic N) is 1. The van der Waals surface area contributed by atoms with Gasteiger partial charge in [0, 0.05) is 18.1 Å². The molecule has 2 heteroatoms. The van der Waals surface area contributed by atoms with Gasteiger partial charge in [-0.05, 0) is 36.2 Å². The number of rotatable bonds is 5. The van der Waals surface area contributed by atoms with Crippen molar-refractivity contribution in [1.29, 1.82) is 0 Å². The number of hydrogen-bond acceptors (Lipinski definition) is 2. The minimum Gasteiger partial charge on any atom is -0.312 e. The fourth-order valence-electron chi connectivity index (χ4n) is 2.42. The standard InChI is InChI=1S/C18H18N2/c1-2-6-15(7-3-1)14-19-12-10-16-11-13-20-18-9-5-4-8-17(16)18/h1-9,11,13,19H,10,12,14H2. The summed E-state index contributed by atoms with van der Waals surface area (Å²) in [7, 11) is 0. The van der Waals surface area contributed by atoms with E-state index in [2.05, 4.69) is 58.8 Å². The van der Waals surface area contributed by atoms with Crippen molar-refractivity contribution >= 4 is 10.9 Å². The fraction of sp³-hybridized carbons (Fsp3) is 0.167. The topological polar surface area (TPSA) is 24.9 Å². The van der Waals surface area contributed by atoms with Crippen LogP contribution in [0, 0.1) is 0 Å². The number of aromatic nitrogens is 1. The van der Waals surface area contributed by atoms with Gasteiger partial charge in [-0.1, -0.05) is 48.5 Å². The number of fused-ring (bicyclic) bond motifs is 1. The fourth-order valence-corrected chi connectivity index (χ4v) is 2.42. The highest BCUT2D eigenvalue weighted by Crippen LogP contribution is 2.16. The Hall–Kier alpha value is -2.19. The molecule has 2 nitrogen and oxygen atoms in total. The highest BCUT2D eigenvalue weighted by molar-refractivity contribution is 5.81. The summed E-state index contributed by atoms with van der Waals surface area (Å²) in [6.07, 6.45) is 2.92. The van der Waals surface area contributed by atoms with E-state index < -0.39 is 0 Å². The molecule has 0 aliphatic heterocycles. The van der Waals surface area contributed by atoms with Gasteiger partial charge in [-0.15, -0.1) is 0 Å². The van der Waals surface area contributed by atoms with Gasteiger partial charge < -0.3 is 5.32 Å². The summed E-state index contributed by atoms with van der Waals surface area (Å²) in [4.78, 5) is 4.40. The van der Waals surface area contributed by atoms with Crippen molar-refractivity contribution in [3.8, 4) is 0 Å². The lowest BCUT2D eigenvalue weighted by molar-refractivity contribution is 0.688. The summed E-state index contributed by atoms with van der Waals surface area (Å²) < 4.78 is 0. The first-order valence-electron chi connectivity index (χ1n) is 7.01. The van der Waals surface area contributed by atoms with E-state index >= 15 is 0 Å². The molecule has 3 rings (SSSR count). The molecule has 0 aliphatic rings. The van der Waals surface area contributed by atoms with Crippen LogP contribution in [-0.4, -0.2) is 11.5 Å². The minimum absolute atomic E-state index is 0.920. The number of nitrogens with one attached hydrogen (secondary N) is 1. The Kier molecular flexibility index (Phi) is 4.04. The van der Waals surface area contributed by atoms with Crippen LogP contribution in [0.25, 0.3) is 10.9 Å². The molecule has 0 unspecified atom stereocenters. The van der Waals surface area contributed by atoms with Gasteiger partial charge in [-0.25, -0.2) is 0 Å². The Morgan fingerprint density at radius 3 is 2.55 bits per heavy atom. The van der Waals surface area contributed by atoms with Gasteiger partial charge in [-0.2, -0.15) is 0 Å². The minimum atomic E-state index is 0.920. The number of benzene rings is 2. The molecule has 0 radical (unpaired) electrons. The molecule has 1 aromatic heterocycles. The zero-order valence-electron chi connectivity index (χ0n) is 11.4. The lowest BCUT2D eigenvalue weighted by Crippen LogP contribution is -2.16. The largest absolute Gasteiger partial charge is 0.312 e. The van der Waals surface area contributed by atoms with Gasteiger partial charge in [0.1, 0.15) is 0 Å². The average Bonchev–Trinajstić information content (AvgIpc) is 2.53. The van der Waals surface area contributed by atoms with Crippen LogP contribution in [0.15, 0.2) is 66.9 Å². The van der Waals surface area contributed by atoms with Crippen LogP contribution in [0.3, 0.4) is 0 Å². The molecule has 0 bridgehead atoms. The van der Waals surface area contributed by atoms with E-state index in [0.29, 0.717) is 0 Å². The second-order valence-corrected chi connectivity index (χ2v) is 4.90. The Labute approximate surface area is 119 Å². The summed E-state index contributed by atoms with van der Waals surface area (Å²) in [6, 6.07) is 20.9. The molecule has 2 aromatic carbocycles. The van der Waals surface area contributed by atoms with Gasteiger partial charge >= 0.3 is 0 Å². The summed E-state index contributed by atoms with van der Waals surface area (Å²) in [5, 5.41) is 4.76. The van der Waals surface area contributed by atoms with Crippen molar-refractivity contribution in [3.63, 3.8) is 0 Å². The van der Waals surface area contributed by atoms with Crippen LogP contribution in [0.1, 0.15) is 11.1 Å². The van der Waals surface area contributed by atoms with E-state index in [1.165, 1.54) is 16.5 Å². The van der Waals surface area contributed by atoms with Crippen molar-refractivity contribution in [3.05, 3.63) is 78.0 Å². The third kappa shape index (κ3) is 3.03. The van der Waals surface area contributed by atoms with Crippen LogP contribution < -0.4 is 5.32 Å². The maximum Gasteiger partial charge on any atom is 0.0704 e. The molecular weight excluding hydrogens is 244 g/mol. The Balaban J connectivity index is 1.60. The molecule has 0 aliphatic carbocycles. The van der Waals surface area contributed by atoms with Crippen molar-refractivity contribution in [2.24, 2.45) is 0 Å². The molecule has 100 valence electrons. The molecular formula is C18H18N2. The number of pyridine rings is 1. The first kappa shape index (κ1) is 12.8. The van der Waals surface area contributed by atoms with Crippen molar-refractivity contribution in [1.82, 2.24) is 10.3 Å². The molecule has 0 saturated heterocycles. The highest BCUT2D eigenvalue weighted by atomic mass is 14.8. The van der Waals surface area contributed by atoms with Crippen molar-refractivity contribution in [2.75, 3.05) is 6.54 Å². The summed E-state index contributed by atoms with van der Waals surface area (Å²) in [5.74, 6) is 0. The predicted octanol–water partition coefficient (Wildman–Crippen LogP) is 3.57. The first-order chi connectivity index (χ1) is 9.93. The van der Waals surface area contributed by atoms with Crippen LogP contribution in [0.2, 0.25) is 0 Å². The zero-order chi connectivity index (χ0) is 13.6. The smallest absolute Gasteiger partial charge is 0.0704 e. The molecule has 0 amide bonds. The molecule has 0 saturated carbocycles. The average molecular weight is 262 g/mol. The predicted molar refractivity (Wildman–Crippen MR) is 83.6 cm³/mol. The van der Waals surface area contributed by atoms with Crippen LogP contribution in [0.4, 0.5) is 0 Å². The monoisotopic (exact) mass is 262 g/mol. The van der Waals surface area contributed by atoms with Gasteiger partial charge in [0.05, 0.1) is 5.52 Å². The summed E-state index contributed by atoms with van der Waals surface area (Å²) in [5.41, 5.74) is 3.76. The third-order valence-corrected chi connectivity index (χ3v) is 3.48. The maximum atomic E-state index is 4.40. The summed E-state index contributed by atoms with van der Waals surface area (Å²) in [6.45, 7) is 1.90. The van der Waals surface area contributed by atoms with Gasteiger partial charge in [-0.3, -0.25) is 4.98 Å². The Morgan fingerprint density at radius 1 is 0.850 bits per heavy atom. The molecule has 1 heterocycles. The molecule has 0 atom stereocenters. The maximum absolute atomic E-state index is 4.40.